The highest BCUT2D eigenvalue weighted by Gasteiger charge is 2.17. The molecule has 0 aliphatic carbocycles. The second-order valence-corrected chi connectivity index (χ2v) is 4.39. The Kier molecular flexibility index (Phi) is 3.80. The SMILES string of the molecule is CN(CC1CCCO1)c1ccc(CN)cc1. The van der Waals surface area contributed by atoms with Gasteiger partial charge in [-0.3, -0.25) is 0 Å². The fourth-order valence-electron chi connectivity index (χ4n) is 2.09. The van der Waals surface area contributed by atoms with Crippen molar-refractivity contribution in [3.63, 3.8) is 0 Å². The monoisotopic (exact) mass is 220 g/mol. The number of rotatable bonds is 4. The van der Waals surface area contributed by atoms with Crippen molar-refractivity contribution in [3.05, 3.63) is 29.8 Å². The number of nitrogens with two attached hydrogens (primary N) is 1. The zero-order chi connectivity index (χ0) is 11.4. The number of ether oxygens (including phenoxy) is 1. The molecule has 1 atom stereocenters. The Bertz CT molecular complexity index is 317. The van der Waals surface area contributed by atoms with Gasteiger partial charge in [0.2, 0.25) is 0 Å². The molecule has 1 saturated heterocycles. The Morgan fingerprint density at radius 1 is 1.38 bits per heavy atom. The summed E-state index contributed by atoms with van der Waals surface area (Å²) in [5, 5.41) is 0. The molecule has 16 heavy (non-hydrogen) atoms. The smallest absolute Gasteiger partial charge is 0.0750 e. The quantitative estimate of drug-likeness (QED) is 0.840. The molecule has 0 radical (unpaired) electrons. The summed E-state index contributed by atoms with van der Waals surface area (Å²) in [5.41, 5.74) is 7.98. The molecule has 1 heterocycles. The Morgan fingerprint density at radius 2 is 2.12 bits per heavy atom. The summed E-state index contributed by atoms with van der Waals surface area (Å²) < 4.78 is 5.63. The summed E-state index contributed by atoms with van der Waals surface area (Å²) in [6, 6.07) is 8.41. The molecular weight excluding hydrogens is 200 g/mol. The van der Waals surface area contributed by atoms with Gasteiger partial charge in [0.25, 0.3) is 0 Å². The first-order valence-corrected chi connectivity index (χ1v) is 5.91. The molecule has 1 aromatic rings. The van der Waals surface area contributed by atoms with Crippen molar-refractivity contribution >= 4 is 5.69 Å². The van der Waals surface area contributed by atoms with E-state index in [1.165, 1.54) is 24.1 Å². The van der Waals surface area contributed by atoms with E-state index in [0.717, 1.165) is 13.2 Å². The van der Waals surface area contributed by atoms with Crippen molar-refractivity contribution in [2.24, 2.45) is 5.73 Å². The third-order valence-electron chi connectivity index (χ3n) is 3.11. The molecule has 0 aromatic heterocycles. The molecule has 0 saturated carbocycles. The van der Waals surface area contributed by atoms with E-state index < -0.39 is 0 Å². The second-order valence-electron chi connectivity index (χ2n) is 4.39. The molecule has 2 N–H and O–H groups in total. The maximum absolute atomic E-state index is 5.63. The maximum atomic E-state index is 5.63. The van der Waals surface area contributed by atoms with Crippen LogP contribution in [-0.4, -0.2) is 26.3 Å². The molecule has 1 aliphatic heterocycles. The topological polar surface area (TPSA) is 38.5 Å². The van der Waals surface area contributed by atoms with Gasteiger partial charge in [0.15, 0.2) is 0 Å². The van der Waals surface area contributed by atoms with Crippen LogP contribution < -0.4 is 10.6 Å². The van der Waals surface area contributed by atoms with Crippen molar-refractivity contribution in [2.45, 2.75) is 25.5 Å². The van der Waals surface area contributed by atoms with E-state index in [-0.39, 0.29) is 0 Å². The minimum absolute atomic E-state index is 0.402. The van der Waals surface area contributed by atoms with E-state index in [9.17, 15) is 0 Å². The average Bonchev–Trinajstić information content (AvgIpc) is 2.82. The van der Waals surface area contributed by atoms with Crippen LogP contribution in [0.1, 0.15) is 18.4 Å². The Labute approximate surface area is 97.2 Å². The third kappa shape index (κ3) is 2.74. The van der Waals surface area contributed by atoms with Crippen LogP contribution in [0.15, 0.2) is 24.3 Å². The van der Waals surface area contributed by atoms with Gasteiger partial charge in [0.05, 0.1) is 6.10 Å². The number of nitrogens with zero attached hydrogens (tertiary/aromatic N) is 1. The minimum Gasteiger partial charge on any atom is -0.376 e. The average molecular weight is 220 g/mol. The van der Waals surface area contributed by atoms with E-state index >= 15 is 0 Å². The van der Waals surface area contributed by atoms with Crippen molar-refractivity contribution < 1.29 is 4.74 Å². The predicted molar refractivity (Wildman–Crippen MR) is 66.6 cm³/mol. The van der Waals surface area contributed by atoms with Crippen LogP contribution in [0.5, 0.6) is 0 Å². The molecule has 1 aliphatic rings. The molecule has 1 fully saturated rings. The van der Waals surface area contributed by atoms with Crippen LogP contribution >= 0.6 is 0 Å². The lowest BCUT2D eigenvalue weighted by Gasteiger charge is -2.22. The molecule has 0 amide bonds. The zero-order valence-corrected chi connectivity index (χ0v) is 9.86. The molecule has 1 unspecified atom stereocenters. The lowest BCUT2D eigenvalue weighted by atomic mass is 10.2. The molecule has 1 aromatic carbocycles. The molecule has 3 nitrogen and oxygen atoms in total. The Morgan fingerprint density at radius 3 is 2.69 bits per heavy atom. The van der Waals surface area contributed by atoms with Crippen LogP contribution in [0.3, 0.4) is 0 Å². The highest BCUT2D eigenvalue weighted by atomic mass is 16.5. The first-order valence-electron chi connectivity index (χ1n) is 5.91. The van der Waals surface area contributed by atoms with Crippen LogP contribution in [0.25, 0.3) is 0 Å². The summed E-state index contributed by atoms with van der Waals surface area (Å²) in [5.74, 6) is 0. The zero-order valence-electron chi connectivity index (χ0n) is 9.86. The van der Waals surface area contributed by atoms with Crippen LogP contribution in [0, 0.1) is 0 Å². The lowest BCUT2D eigenvalue weighted by Crippen LogP contribution is -2.28. The molecule has 2 rings (SSSR count). The van der Waals surface area contributed by atoms with Crippen molar-refractivity contribution in [1.82, 2.24) is 0 Å². The van der Waals surface area contributed by atoms with Crippen molar-refractivity contribution in [2.75, 3.05) is 25.1 Å². The van der Waals surface area contributed by atoms with Crippen LogP contribution in [0.4, 0.5) is 5.69 Å². The summed E-state index contributed by atoms with van der Waals surface area (Å²) in [7, 11) is 2.11. The highest BCUT2D eigenvalue weighted by Crippen LogP contribution is 2.18. The fourth-order valence-corrected chi connectivity index (χ4v) is 2.09. The number of hydrogen-bond acceptors (Lipinski definition) is 3. The van der Waals surface area contributed by atoms with Gasteiger partial charge in [-0.1, -0.05) is 12.1 Å². The van der Waals surface area contributed by atoms with Crippen molar-refractivity contribution in [1.29, 1.82) is 0 Å². The molecule has 3 heteroatoms. The number of likely N-dealkylation sites (N-methyl/N-ethyl adjacent to an activating group) is 1. The maximum Gasteiger partial charge on any atom is 0.0750 e. The van der Waals surface area contributed by atoms with Gasteiger partial charge in [0.1, 0.15) is 0 Å². The Balaban J connectivity index is 1.94. The van der Waals surface area contributed by atoms with Crippen LogP contribution in [-0.2, 0) is 11.3 Å². The van der Waals surface area contributed by atoms with Gasteiger partial charge in [-0.25, -0.2) is 0 Å². The van der Waals surface area contributed by atoms with E-state index in [0.29, 0.717) is 12.6 Å². The highest BCUT2D eigenvalue weighted by molar-refractivity contribution is 5.46. The fraction of sp³-hybridized carbons (Fsp3) is 0.538. The van der Waals surface area contributed by atoms with Crippen LogP contribution in [0.2, 0.25) is 0 Å². The van der Waals surface area contributed by atoms with Crippen molar-refractivity contribution in [3.8, 4) is 0 Å². The van der Waals surface area contributed by atoms with E-state index in [1.54, 1.807) is 0 Å². The second kappa shape index (κ2) is 5.32. The molecular formula is C13H20N2O. The summed E-state index contributed by atoms with van der Waals surface area (Å²) in [6.45, 7) is 2.50. The van der Waals surface area contributed by atoms with Gasteiger partial charge in [-0.2, -0.15) is 0 Å². The van der Waals surface area contributed by atoms with Gasteiger partial charge < -0.3 is 15.4 Å². The standard InChI is InChI=1S/C13H20N2O/c1-15(10-13-3-2-8-16-13)12-6-4-11(9-14)5-7-12/h4-7,13H,2-3,8-10,14H2,1H3. The largest absolute Gasteiger partial charge is 0.376 e. The van der Waals surface area contributed by atoms with Gasteiger partial charge in [-0.15, -0.1) is 0 Å². The molecule has 0 spiro atoms. The summed E-state index contributed by atoms with van der Waals surface area (Å²) in [4.78, 5) is 2.25. The van der Waals surface area contributed by atoms with Gasteiger partial charge >= 0.3 is 0 Å². The Hall–Kier alpha value is -1.06. The normalized spacial score (nSPS) is 20.0. The number of anilines is 1. The minimum atomic E-state index is 0.402. The summed E-state index contributed by atoms with van der Waals surface area (Å²) in [6.07, 6.45) is 2.79. The molecule has 88 valence electrons. The van der Waals surface area contributed by atoms with E-state index in [4.69, 9.17) is 10.5 Å². The first kappa shape index (κ1) is 11.4. The lowest BCUT2D eigenvalue weighted by molar-refractivity contribution is 0.116. The van der Waals surface area contributed by atoms with Gasteiger partial charge in [-0.05, 0) is 30.5 Å². The van der Waals surface area contributed by atoms with E-state index in [2.05, 4.69) is 36.2 Å². The summed E-state index contributed by atoms with van der Waals surface area (Å²) >= 11 is 0. The predicted octanol–water partition coefficient (Wildman–Crippen LogP) is 1.76. The van der Waals surface area contributed by atoms with E-state index in [1.807, 2.05) is 0 Å². The third-order valence-corrected chi connectivity index (χ3v) is 3.11. The number of benzene rings is 1. The number of hydrogen-bond donors (Lipinski definition) is 1. The van der Waals surface area contributed by atoms with Gasteiger partial charge in [0, 0.05) is 32.4 Å². The molecule has 0 bridgehead atoms. The first-order chi connectivity index (χ1) is 7.79.